The first-order valence-electron chi connectivity index (χ1n) is 7.75. The van der Waals surface area contributed by atoms with E-state index in [-0.39, 0.29) is 5.97 Å². The van der Waals surface area contributed by atoms with Crippen molar-refractivity contribution in [1.29, 1.82) is 0 Å². The molecule has 2 fully saturated rings. The molecular formula is C15H27NO2S. The van der Waals surface area contributed by atoms with E-state index >= 15 is 0 Å². The summed E-state index contributed by atoms with van der Waals surface area (Å²) in [7, 11) is 0. The average Bonchev–Trinajstić information content (AvgIpc) is 2.43. The molecule has 1 heterocycles. The van der Waals surface area contributed by atoms with Gasteiger partial charge < -0.3 is 4.74 Å². The van der Waals surface area contributed by atoms with Crippen molar-refractivity contribution in [3.8, 4) is 0 Å². The Morgan fingerprint density at radius 1 is 1.32 bits per heavy atom. The SMILES string of the molecule is CCOC(=O)C1(NC2CCCCC2)CCCSC1C. The van der Waals surface area contributed by atoms with Crippen LogP contribution in [-0.4, -0.2) is 35.2 Å². The highest BCUT2D eigenvalue weighted by molar-refractivity contribution is 8.00. The first-order valence-corrected chi connectivity index (χ1v) is 8.80. The van der Waals surface area contributed by atoms with Crippen molar-refractivity contribution < 1.29 is 9.53 Å². The quantitative estimate of drug-likeness (QED) is 0.805. The Morgan fingerprint density at radius 2 is 2.05 bits per heavy atom. The van der Waals surface area contributed by atoms with Gasteiger partial charge in [-0.2, -0.15) is 11.8 Å². The van der Waals surface area contributed by atoms with Crippen molar-refractivity contribution in [3.05, 3.63) is 0 Å². The van der Waals surface area contributed by atoms with E-state index in [1.807, 2.05) is 18.7 Å². The van der Waals surface area contributed by atoms with Crippen molar-refractivity contribution in [2.45, 2.75) is 75.6 Å². The van der Waals surface area contributed by atoms with E-state index in [0.29, 0.717) is 17.9 Å². The van der Waals surface area contributed by atoms with Crippen LogP contribution >= 0.6 is 11.8 Å². The van der Waals surface area contributed by atoms with Gasteiger partial charge in [0.1, 0.15) is 5.54 Å². The predicted molar refractivity (Wildman–Crippen MR) is 80.5 cm³/mol. The number of nitrogens with one attached hydrogen (secondary N) is 1. The molecule has 0 bridgehead atoms. The molecule has 1 aliphatic heterocycles. The number of carbonyl (C=O) groups excluding carboxylic acids is 1. The van der Waals surface area contributed by atoms with Gasteiger partial charge in [-0.05, 0) is 38.4 Å². The molecular weight excluding hydrogens is 258 g/mol. The lowest BCUT2D eigenvalue weighted by Gasteiger charge is -2.43. The van der Waals surface area contributed by atoms with Gasteiger partial charge in [0.05, 0.1) is 6.61 Å². The van der Waals surface area contributed by atoms with Crippen LogP contribution in [0.5, 0.6) is 0 Å². The summed E-state index contributed by atoms with van der Waals surface area (Å²) in [5.74, 6) is 1.13. The zero-order chi connectivity index (χ0) is 13.7. The molecule has 4 heteroatoms. The summed E-state index contributed by atoms with van der Waals surface area (Å²) >= 11 is 1.90. The summed E-state index contributed by atoms with van der Waals surface area (Å²) in [6.07, 6.45) is 8.37. The molecule has 0 amide bonds. The van der Waals surface area contributed by atoms with E-state index < -0.39 is 5.54 Å². The van der Waals surface area contributed by atoms with Crippen LogP contribution in [0.25, 0.3) is 0 Å². The minimum atomic E-state index is -0.444. The fourth-order valence-electron chi connectivity index (χ4n) is 3.34. The molecule has 1 saturated heterocycles. The predicted octanol–water partition coefficient (Wildman–Crippen LogP) is 3.13. The maximum Gasteiger partial charge on any atom is 0.327 e. The summed E-state index contributed by atoms with van der Waals surface area (Å²) in [5, 5.41) is 4.02. The summed E-state index contributed by atoms with van der Waals surface area (Å²) in [6, 6.07) is 0.499. The zero-order valence-electron chi connectivity index (χ0n) is 12.2. The van der Waals surface area contributed by atoms with Gasteiger partial charge in [-0.15, -0.1) is 0 Å². The van der Waals surface area contributed by atoms with Crippen molar-refractivity contribution in [1.82, 2.24) is 5.32 Å². The van der Waals surface area contributed by atoms with Crippen LogP contribution in [0.4, 0.5) is 0 Å². The Bertz CT molecular complexity index is 305. The number of ether oxygens (including phenoxy) is 1. The van der Waals surface area contributed by atoms with Crippen molar-refractivity contribution in [3.63, 3.8) is 0 Å². The summed E-state index contributed by atoms with van der Waals surface area (Å²) < 4.78 is 5.38. The van der Waals surface area contributed by atoms with E-state index in [1.54, 1.807) is 0 Å². The maximum absolute atomic E-state index is 12.5. The fourth-order valence-corrected chi connectivity index (χ4v) is 4.58. The van der Waals surface area contributed by atoms with Crippen LogP contribution in [0.1, 0.15) is 58.8 Å². The third-order valence-corrected chi connectivity index (χ3v) is 5.91. The van der Waals surface area contributed by atoms with Crippen LogP contribution in [0.15, 0.2) is 0 Å². The van der Waals surface area contributed by atoms with Crippen molar-refractivity contribution >= 4 is 17.7 Å². The van der Waals surface area contributed by atoms with Gasteiger partial charge in [0.2, 0.25) is 0 Å². The van der Waals surface area contributed by atoms with E-state index in [1.165, 1.54) is 32.1 Å². The lowest BCUT2D eigenvalue weighted by molar-refractivity contribution is -0.152. The second kappa shape index (κ2) is 6.98. The third kappa shape index (κ3) is 3.46. The summed E-state index contributed by atoms with van der Waals surface area (Å²) in [6.45, 7) is 4.55. The summed E-state index contributed by atoms with van der Waals surface area (Å²) in [4.78, 5) is 12.5. The van der Waals surface area contributed by atoms with Gasteiger partial charge >= 0.3 is 5.97 Å². The molecule has 2 aliphatic rings. The Hall–Kier alpha value is -0.220. The Morgan fingerprint density at radius 3 is 2.68 bits per heavy atom. The highest BCUT2D eigenvalue weighted by Gasteiger charge is 2.47. The number of hydrogen-bond donors (Lipinski definition) is 1. The molecule has 3 nitrogen and oxygen atoms in total. The Balaban J connectivity index is 2.10. The standard InChI is InChI=1S/C15H27NO2S/c1-3-18-14(17)15(10-7-11-19-12(15)2)16-13-8-5-4-6-9-13/h12-13,16H,3-11H2,1-2H3. The molecule has 1 N–H and O–H groups in total. The van der Waals surface area contributed by atoms with Gasteiger partial charge in [-0.1, -0.05) is 26.2 Å². The minimum Gasteiger partial charge on any atom is -0.465 e. The Kier molecular flexibility index (Phi) is 5.58. The van der Waals surface area contributed by atoms with Gasteiger partial charge in [-0.25, -0.2) is 0 Å². The molecule has 2 rings (SSSR count). The third-order valence-electron chi connectivity index (χ3n) is 4.48. The summed E-state index contributed by atoms with van der Waals surface area (Å²) in [5.41, 5.74) is -0.444. The van der Waals surface area contributed by atoms with Gasteiger partial charge in [0.15, 0.2) is 0 Å². The number of carbonyl (C=O) groups is 1. The van der Waals surface area contributed by atoms with E-state index in [0.717, 1.165) is 18.6 Å². The van der Waals surface area contributed by atoms with Crippen molar-refractivity contribution in [2.75, 3.05) is 12.4 Å². The second-order valence-corrected chi connectivity index (χ2v) is 7.24. The molecule has 19 heavy (non-hydrogen) atoms. The van der Waals surface area contributed by atoms with Crippen LogP contribution < -0.4 is 5.32 Å². The topological polar surface area (TPSA) is 38.3 Å². The number of esters is 1. The zero-order valence-corrected chi connectivity index (χ0v) is 13.1. The number of hydrogen-bond acceptors (Lipinski definition) is 4. The highest BCUT2D eigenvalue weighted by atomic mass is 32.2. The molecule has 110 valence electrons. The molecule has 0 aromatic heterocycles. The van der Waals surface area contributed by atoms with Crippen LogP contribution in [-0.2, 0) is 9.53 Å². The first kappa shape index (κ1) is 15.2. The van der Waals surface area contributed by atoms with Gasteiger partial charge in [0, 0.05) is 11.3 Å². The average molecular weight is 285 g/mol. The molecule has 1 saturated carbocycles. The van der Waals surface area contributed by atoms with E-state index in [2.05, 4.69) is 12.2 Å². The normalized spacial score (nSPS) is 33.1. The van der Waals surface area contributed by atoms with E-state index in [9.17, 15) is 4.79 Å². The molecule has 0 radical (unpaired) electrons. The molecule has 0 spiro atoms. The van der Waals surface area contributed by atoms with E-state index in [4.69, 9.17) is 4.74 Å². The molecule has 2 atom stereocenters. The monoisotopic (exact) mass is 285 g/mol. The largest absolute Gasteiger partial charge is 0.465 e. The van der Waals surface area contributed by atoms with Gasteiger partial charge in [-0.3, -0.25) is 10.1 Å². The first-order chi connectivity index (χ1) is 9.19. The maximum atomic E-state index is 12.5. The van der Waals surface area contributed by atoms with Crippen molar-refractivity contribution in [2.24, 2.45) is 0 Å². The van der Waals surface area contributed by atoms with Crippen LogP contribution in [0.3, 0.4) is 0 Å². The molecule has 0 aromatic rings. The van der Waals surface area contributed by atoms with Gasteiger partial charge in [0.25, 0.3) is 0 Å². The number of rotatable bonds is 4. The molecule has 1 aliphatic carbocycles. The Labute approximate surface area is 121 Å². The van der Waals surface area contributed by atoms with Crippen LogP contribution in [0, 0.1) is 0 Å². The van der Waals surface area contributed by atoms with Crippen LogP contribution in [0.2, 0.25) is 0 Å². The molecule has 2 unspecified atom stereocenters. The lowest BCUT2D eigenvalue weighted by Crippen LogP contribution is -2.63. The molecule has 0 aromatic carbocycles. The lowest BCUT2D eigenvalue weighted by atomic mass is 9.85. The fraction of sp³-hybridized carbons (Fsp3) is 0.933. The number of thioether (sulfide) groups is 1. The second-order valence-electron chi connectivity index (χ2n) is 5.79. The smallest absolute Gasteiger partial charge is 0.327 e. The highest BCUT2D eigenvalue weighted by Crippen LogP contribution is 2.36. The minimum absolute atomic E-state index is 0.0275.